The van der Waals surface area contributed by atoms with Crippen LogP contribution in [0.2, 0.25) is 0 Å². The molecule has 1 aliphatic heterocycles. The Morgan fingerprint density at radius 1 is 1.21 bits per heavy atom. The number of anilines is 3. The van der Waals surface area contributed by atoms with Gasteiger partial charge in [-0.05, 0) is 43.2 Å². The molecular formula is C18H19FN4O. The molecule has 1 aliphatic carbocycles. The fourth-order valence-electron chi connectivity index (χ4n) is 3.20. The van der Waals surface area contributed by atoms with Crippen molar-refractivity contribution in [2.45, 2.75) is 18.9 Å². The van der Waals surface area contributed by atoms with Crippen LogP contribution in [0, 0.1) is 5.82 Å². The van der Waals surface area contributed by atoms with Gasteiger partial charge in [0.2, 0.25) is 0 Å². The third-order valence-electron chi connectivity index (χ3n) is 4.60. The highest BCUT2D eigenvalue weighted by atomic mass is 19.1. The normalized spacial score (nSPS) is 16.8. The molecule has 1 aromatic heterocycles. The molecule has 5 nitrogen and oxygen atoms in total. The minimum atomic E-state index is -0.326. The van der Waals surface area contributed by atoms with Crippen molar-refractivity contribution in [2.75, 3.05) is 35.3 Å². The van der Waals surface area contributed by atoms with Crippen LogP contribution in [0.15, 0.2) is 36.5 Å². The van der Waals surface area contributed by atoms with Gasteiger partial charge in [0.25, 0.3) is 5.91 Å². The lowest BCUT2D eigenvalue weighted by molar-refractivity contribution is 0.0986. The summed E-state index contributed by atoms with van der Waals surface area (Å²) >= 11 is 0. The molecule has 6 heteroatoms. The molecule has 1 amide bonds. The average molecular weight is 326 g/mol. The zero-order valence-electron chi connectivity index (χ0n) is 13.5. The maximum Gasteiger partial charge on any atom is 0.259 e. The minimum absolute atomic E-state index is 0.146. The number of hydrogen-bond acceptors (Lipinski definition) is 4. The van der Waals surface area contributed by atoms with Crippen LogP contribution in [0.4, 0.5) is 21.6 Å². The van der Waals surface area contributed by atoms with Gasteiger partial charge in [-0.3, -0.25) is 4.79 Å². The van der Waals surface area contributed by atoms with Gasteiger partial charge in [0, 0.05) is 32.4 Å². The number of rotatable bonds is 3. The third kappa shape index (κ3) is 2.58. The van der Waals surface area contributed by atoms with Crippen molar-refractivity contribution >= 4 is 23.1 Å². The summed E-state index contributed by atoms with van der Waals surface area (Å²) in [5, 5.41) is 2.93. The van der Waals surface area contributed by atoms with Gasteiger partial charge in [0.1, 0.15) is 11.6 Å². The number of carbonyl (C=O) groups is 1. The van der Waals surface area contributed by atoms with Crippen LogP contribution >= 0.6 is 0 Å². The SMILES string of the molecule is CNc1ccc(C(=O)N2CCN(C3CC3)c3ccc(F)cc32)cn1. The molecule has 0 bridgehead atoms. The van der Waals surface area contributed by atoms with Crippen LogP contribution in [0.5, 0.6) is 0 Å². The van der Waals surface area contributed by atoms with Crippen LogP contribution < -0.4 is 15.1 Å². The van der Waals surface area contributed by atoms with Gasteiger partial charge in [-0.25, -0.2) is 9.37 Å². The Labute approximate surface area is 140 Å². The van der Waals surface area contributed by atoms with E-state index in [1.165, 1.54) is 25.0 Å². The Balaban J connectivity index is 1.68. The Bertz CT molecular complexity index is 773. The lowest BCUT2D eigenvalue weighted by atomic mass is 10.1. The van der Waals surface area contributed by atoms with E-state index < -0.39 is 0 Å². The number of hydrogen-bond donors (Lipinski definition) is 1. The number of amides is 1. The Hall–Kier alpha value is -2.63. The second-order valence-corrected chi connectivity index (χ2v) is 6.20. The third-order valence-corrected chi connectivity index (χ3v) is 4.60. The first-order valence-electron chi connectivity index (χ1n) is 8.19. The zero-order chi connectivity index (χ0) is 16.7. The molecule has 1 saturated carbocycles. The number of carbonyl (C=O) groups excluding carboxylic acids is 1. The Morgan fingerprint density at radius 3 is 2.71 bits per heavy atom. The van der Waals surface area contributed by atoms with Gasteiger partial charge in [-0.2, -0.15) is 0 Å². The highest BCUT2D eigenvalue weighted by Gasteiger charge is 2.35. The maximum absolute atomic E-state index is 13.8. The first kappa shape index (κ1) is 14.9. The van der Waals surface area contributed by atoms with Gasteiger partial charge in [0.05, 0.1) is 16.9 Å². The average Bonchev–Trinajstić information content (AvgIpc) is 3.45. The van der Waals surface area contributed by atoms with E-state index in [0.717, 1.165) is 12.2 Å². The van der Waals surface area contributed by atoms with Crippen LogP contribution in [-0.4, -0.2) is 37.1 Å². The molecule has 0 unspecified atom stereocenters. The fourth-order valence-corrected chi connectivity index (χ4v) is 3.20. The topological polar surface area (TPSA) is 48.5 Å². The van der Waals surface area contributed by atoms with Gasteiger partial charge >= 0.3 is 0 Å². The highest BCUT2D eigenvalue weighted by molar-refractivity contribution is 6.08. The minimum Gasteiger partial charge on any atom is -0.373 e. The summed E-state index contributed by atoms with van der Waals surface area (Å²) in [4.78, 5) is 21.0. The largest absolute Gasteiger partial charge is 0.373 e. The summed E-state index contributed by atoms with van der Waals surface area (Å²) in [6, 6.07) is 8.74. The number of fused-ring (bicyclic) bond motifs is 1. The lowest BCUT2D eigenvalue weighted by Crippen LogP contribution is -2.45. The molecule has 2 aromatic rings. The summed E-state index contributed by atoms with van der Waals surface area (Å²) in [5.74, 6) is 0.233. The molecule has 1 aromatic carbocycles. The quantitative estimate of drug-likeness (QED) is 0.942. The van der Waals surface area contributed by atoms with E-state index in [1.807, 2.05) is 0 Å². The molecule has 1 fully saturated rings. The van der Waals surface area contributed by atoms with Crippen molar-refractivity contribution in [3.05, 3.63) is 47.9 Å². The summed E-state index contributed by atoms with van der Waals surface area (Å²) in [6.45, 7) is 1.33. The molecule has 0 saturated heterocycles. The summed E-state index contributed by atoms with van der Waals surface area (Å²) in [6.07, 6.45) is 3.89. The van der Waals surface area contributed by atoms with E-state index in [2.05, 4.69) is 15.2 Å². The highest BCUT2D eigenvalue weighted by Crippen LogP contribution is 2.40. The number of nitrogens with one attached hydrogen (secondary N) is 1. The van der Waals surface area contributed by atoms with Gasteiger partial charge < -0.3 is 15.1 Å². The van der Waals surface area contributed by atoms with Crippen molar-refractivity contribution in [2.24, 2.45) is 0 Å². The predicted octanol–water partition coefficient (Wildman–Crippen LogP) is 2.89. The van der Waals surface area contributed by atoms with E-state index >= 15 is 0 Å². The second-order valence-electron chi connectivity index (χ2n) is 6.20. The van der Waals surface area contributed by atoms with E-state index in [0.29, 0.717) is 29.7 Å². The Morgan fingerprint density at radius 2 is 2.04 bits per heavy atom. The number of halogens is 1. The number of aromatic nitrogens is 1. The van der Waals surface area contributed by atoms with Crippen molar-refractivity contribution in [3.8, 4) is 0 Å². The van der Waals surface area contributed by atoms with E-state index in [4.69, 9.17) is 0 Å². The molecule has 124 valence electrons. The second kappa shape index (κ2) is 5.78. The van der Waals surface area contributed by atoms with Crippen LogP contribution in [-0.2, 0) is 0 Å². The van der Waals surface area contributed by atoms with E-state index in [9.17, 15) is 9.18 Å². The standard InChI is InChI=1S/C18H19FN4O/c1-20-17-7-2-12(11-21-17)18(24)23-9-8-22(14-4-5-14)15-6-3-13(19)10-16(15)23/h2-3,6-7,10-11,14H,4-5,8-9H2,1H3,(H,20,21). The van der Waals surface area contributed by atoms with Crippen molar-refractivity contribution in [1.82, 2.24) is 4.98 Å². The monoisotopic (exact) mass is 326 g/mol. The van der Waals surface area contributed by atoms with Crippen LogP contribution in [0.1, 0.15) is 23.2 Å². The summed E-state index contributed by atoms with van der Waals surface area (Å²) in [7, 11) is 1.78. The summed E-state index contributed by atoms with van der Waals surface area (Å²) in [5.41, 5.74) is 2.10. The molecule has 24 heavy (non-hydrogen) atoms. The fraction of sp³-hybridized carbons (Fsp3) is 0.333. The van der Waals surface area contributed by atoms with Gasteiger partial charge in [0.15, 0.2) is 0 Å². The number of benzene rings is 1. The summed E-state index contributed by atoms with van der Waals surface area (Å²) < 4.78 is 13.8. The molecule has 0 radical (unpaired) electrons. The van der Waals surface area contributed by atoms with Crippen LogP contribution in [0.25, 0.3) is 0 Å². The maximum atomic E-state index is 13.8. The molecule has 2 heterocycles. The number of nitrogens with zero attached hydrogens (tertiary/aromatic N) is 3. The first-order chi connectivity index (χ1) is 11.7. The van der Waals surface area contributed by atoms with Crippen molar-refractivity contribution in [3.63, 3.8) is 0 Å². The lowest BCUT2D eigenvalue weighted by Gasteiger charge is -2.38. The van der Waals surface area contributed by atoms with Crippen LogP contribution in [0.3, 0.4) is 0 Å². The molecular weight excluding hydrogens is 307 g/mol. The molecule has 1 N–H and O–H groups in total. The molecule has 4 rings (SSSR count). The molecule has 0 atom stereocenters. The predicted molar refractivity (Wildman–Crippen MR) is 92.2 cm³/mol. The van der Waals surface area contributed by atoms with E-state index in [1.54, 1.807) is 36.3 Å². The van der Waals surface area contributed by atoms with E-state index in [-0.39, 0.29) is 11.7 Å². The first-order valence-corrected chi connectivity index (χ1v) is 8.19. The van der Waals surface area contributed by atoms with Gasteiger partial charge in [-0.1, -0.05) is 0 Å². The smallest absolute Gasteiger partial charge is 0.259 e. The van der Waals surface area contributed by atoms with Gasteiger partial charge in [-0.15, -0.1) is 0 Å². The molecule has 0 spiro atoms. The molecule has 2 aliphatic rings. The van der Waals surface area contributed by atoms with Crippen molar-refractivity contribution < 1.29 is 9.18 Å². The zero-order valence-corrected chi connectivity index (χ0v) is 13.5. The van der Waals surface area contributed by atoms with Crippen molar-refractivity contribution in [1.29, 1.82) is 0 Å². The number of pyridine rings is 1. The Kier molecular flexibility index (Phi) is 3.59.